The van der Waals surface area contributed by atoms with Gasteiger partial charge in [0.05, 0.1) is 0 Å². The van der Waals surface area contributed by atoms with Crippen molar-refractivity contribution in [2.75, 3.05) is 17.2 Å². The van der Waals surface area contributed by atoms with E-state index in [1.807, 2.05) is 45.0 Å². The van der Waals surface area contributed by atoms with Crippen LogP contribution in [-0.4, -0.2) is 18.4 Å². The molecule has 0 bridgehead atoms. The van der Waals surface area contributed by atoms with Gasteiger partial charge in [-0.05, 0) is 42.3 Å². The number of anilines is 2. The summed E-state index contributed by atoms with van der Waals surface area (Å²) in [6, 6.07) is 14.7. The topological polar surface area (TPSA) is 67.4 Å². The van der Waals surface area contributed by atoms with Gasteiger partial charge in [0.1, 0.15) is 5.75 Å². The summed E-state index contributed by atoms with van der Waals surface area (Å²) in [5.41, 5.74) is 1.97. The number of aryl methyl sites for hydroxylation is 1. The first-order valence-corrected chi connectivity index (χ1v) is 8.71. The lowest BCUT2D eigenvalue weighted by molar-refractivity contribution is -0.123. The first-order chi connectivity index (χ1) is 12.3. The number of hydrogen-bond acceptors (Lipinski definition) is 3. The summed E-state index contributed by atoms with van der Waals surface area (Å²) in [6.45, 7) is 7.54. The Morgan fingerprint density at radius 1 is 0.962 bits per heavy atom. The molecule has 0 spiro atoms. The monoisotopic (exact) mass is 354 g/mol. The fraction of sp³-hybridized carbons (Fsp3) is 0.333. The summed E-state index contributed by atoms with van der Waals surface area (Å²) in [6.07, 6.45) is 0.961. The molecule has 0 aromatic heterocycles. The van der Waals surface area contributed by atoms with E-state index >= 15 is 0 Å². The van der Waals surface area contributed by atoms with Crippen molar-refractivity contribution in [3.8, 4) is 5.75 Å². The lowest BCUT2D eigenvalue weighted by atomic mass is 9.95. The van der Waals surface area contributed by atoms with Crippen molar-refractivity contribution < 1.29 is 14.3 Å². The van der Waals surface area contributed by atoms with Gasteiger partial charge in [-0.3, -0.25) is 9.59 Å². The maximum atomic E-state index is 12.1. The highest BCUT2D eigenvalue weighted by Gasteiger charge is 2.21. The van der Waals surface area contributed by atoms with Gasteiger partial charge in [-0.1, -0.05) is 45.9 Å². The summed E-state index contributed by atoms with van der Waals surface area (Å²) >= 11 is 0. The average Bonchev–Trinajstić information content (AvgIpc) is 2.60. The molecule has 0 aliphatic carbocycles. The molecule has 2 amide bonds. The number of amides is 2. The van der Waals surface area contributed by atoms with Gasteiger partial charge >= 0.3 is 0 Å². The SMILES string of the molecule is CCc1ccc(OCC(=O)Nc2cccc(NC(=O)C(C)(C)C)c2)cc1. The lowest BCUT2D eigenvalue weighted by Gasteiger charge is -2.18. The summed E-state index contributed by atoms with van der Waals surface area (Å²) in [4.78, 5) is 24.1. The van der Waals surface area contributed by atoms with E-state index in [1.54, 1.807) is 24.3 Å². The third kappa shape index (κ3) is 5.92. The van der Waals surface area contributed by atoms with Crippen molar-refractivity contribution in [3.05, 3.63) is 54.1 Å². The molecular formula is C21H26N2O3. The van der Waals surface area contributed by atoms with Crippen molar-refractivity contribution in [1.29, 1.82) is 0 Å². The van der Waals surface area contributed by atoms with Crippen LogP contribution in [0.5, 0.6) is 5.75 Å². The smallest absolute Gasteiger partial charge is 0.262 e. The van der Waals surface area contributed by atoms with E-state index in [0.29, 0.717) is 17.1 Å². The number of benzene rings is 2. The Labute approximate surface area is 154 Å². The van der Waals surface area contributed by atoms with Gasteiger partial charge in [-0.15, -0.1) is 0 Å². The van der Waals surface area contributed by atoms with E-state index in [4.69, 9.17) is 4.74 Å². The molecule has 0 unspecified atom stereocenters. The highest BCUT2D eigenvalue weighted by molar-refractivity contribution is 5.96. The minimum absolute atomic E-state index is 0.0793. The zero-order chi connectivity index (χ0) is 19.2. The van der Waals surface area contributed by atoms with E-state index in [1.165, 1.54) is 5.56 Å². The van der Waals surface area contributed by atoms with Gasteiger partial charge in [0.15, 0.2) is 6.61 Å². The highest BCUT2D eigenvalue weighted by atomic mass is 16.5. The number of nitrogens with one attached hydrogen (secondary N) is 2. The van der Waals surface area contributed by atoms with E-state index in [-0.39, 0.29) is 18.4 Å². The Kier molecular flexibility index (Phi) is 6.39. The quantitative estimate of drug-likeness (QED) is 0.815. The molecule has 2 aromatic carbocycles. The Hall–Kier alpha value is -2.82. The van der Waals surface area contributed by atoms with Gasteiger partial charge in [-0.25, -0.2) is 0 Å². The molecule has 0 heterocycles. The molecule has 5 nitrogen and oxygen atoms in total. The van der Waals surface area contributed by atoms with Gasteiger partial charge in [-0.2, -0.15) is 0 Å². The summed E-state index contributed by atoms with van der Waals surface area (Å²) in [7, 11) is 0. The van der Waals surface area contributed by atoms with Crippen LogP contribution in [0.15, 0.2) is 48.5 Å². The fourth-order valence-electron chi connectivity index (χ4n) is 2.16. The number of rotatable bonds is 6. The van der Waals surface area contributed by atoms with Gasteiger partial charge in [0.25, 0.3) is 5.91 Å². The van der Waals surface area contributed by atoms with Gasteiger partial charge < -0.3 is 15.4 Å². The summed E-state index contributed by atoms with van der Waals surface area (Å²) < 4.78 is 5.50. The zero-order valence-corrected chi connectivity index (χ0v) is 15.8. The molecule has 0 aliphatic heterocycles. The van der Waals surface area contributed by atoms with Crippen molar-refractivity contribution in [3.63, 3.8) is 0 Å². The Balaban J connectivity index is 1.90. The highest BCUT2D eigenvalue weighted by Crippen LogP contribution is 2.20. The minimum atomic E-state index is -0.486. The summed E-state index contributed by atoms with van der Waals surface area (Å²) in [5.74, 6) is 0.312. The van der Waals surface area contributed by atoms with Crippen LogP contribution in [-0.2, 0) is 16.0 Å². The molecule has 2 N–H and O–H groups in total. The fourth-order valence-corrected chi connectivity index (χ4v) is 2.16. The first kappa shape index (κ1) is 19.5. The second-order valence-corrected chi connectivity index (χ2v) is 7.12. The molecular weight excluding hydrogens is 328 g/mol. The Bertz CT molecular complexity index is 762. The van der Waals surface area contributed by atoms with E-state index in [2.05, 4.69) is 17.6 Å². The largest absolute Gasteiger partial charge is 0.484 e. The average molecular weight is 354 g/mol. The molecule has 0 fully saturated rings. The molecule has 2 rings (SSSR count). The first-order valence-electron chi connectivity index (χ1n) is 8.71. The van der Waals surface area contributed by atoms with E-state index in [9.17, 15) is 9.59 Å². The predicted molar refractivity (Wildman–Crippen MR) is 104 cm³/mol. The van der Waals surface area contributed by atoms with Crippen molar-refractivity contribution >= 4 is 23.2 Å². The number of carbonyl (C=O) groups is 2. The lowest BCUT2D eigenvalue weighted by Crippen LogP contribution is -2.27. The van der Waals surface area contributed by atoms with Crippen LogP contribution in [0.1, 0.15) is 33.3 Å². The normalized spacial score (nSPS) is 10.9. The van der Waals surface area contributed by atoms with Crippen LogP contribution >= 0.6 is 0 Å². The third-order valence-corrected chi connectivity index (χ3v) is 3.79. The van der Waals surface area contributed by atoms with Crippen LogP contribution < -0.4 is 15.4 Å². The van der Waals surface area contributed by atoms with Gasteiger partial charge in [0.2, 0.25) is 5.91 Å². The number of carbonyl (C=O) groups excluding carboxylic acids is 2. The van der Waals surface area contributed by atoms with E-state index < -0.39 is 5.41 Å². The molecule has 0 saturated carbocycles. The zero-order valence-electron chi connectivity index (χ0n) is 15.8. The van der Waals surface area contributed by atoms with E-state index in [0.717, 1.165) is 6.42 Å². The van der Waals surface area contributed by atoms with Crippen LogP contribution in [0.3, 0.4) is 0 Å². The maximum Gasteiger partial charge on any atom is 0.262 e. The molecule has 0 aliphatic rings. The van der Waals surface area contributed by atoms with Gasteiger partial charge in [0, 0.05) is 16.8 Å². The number of ether oxygens (including phenoxy) is 1. The number of hydrogen-bond donors (Lipinski definition) is 2. The second-order valence-electron chi connectivity index (χ2n) is 7.12. The van der Waals surface area contributed by atoms with Crippen LogP contribution in [0, 0.1) is 5.41 Å². The Morgan fingerprint density at radius 2 is 1.58 bits per heavy atom. The standard InChI is InChI=1S/C21H26N2O3/c1-5-15-9-11-18(12-10-15)26-14-19(24)22-16-7-6-8-17(13-16)23-20(25)21(2,3)4/h6-13H,5,14H2,1-4H3,(H,22,24)(H,23,25). The van der Waals surface area contributed by atoms with Crippen LogP contribution in [0.4, 0.5) is 11.4 Å². The van der Waals surface area contributed by atoms with Crippen LogP contribution in [0.2, 0.25) is 0 Å². The minimum Gasteiger partial charge on any atom is -0.484 e. The second kappa shape index (κ2) is 8.52. The molecule has 2 aromatic rings. The van der Waals surface area contributed by atoms with Crippen LogP contribution in [0.25, 0.3) is 0 Å². The molecule has 26 heavy (non-hydrogen) atoms. The van der Waals surface area contributed by atoms with Crippen molar-refractivity contribution in [1.82, 2.24) is 0 Å². The Morgan fingerprint density at radius 3 is 2.15 bits per heavy atom. The van der Waals surface area contributed by atoms with Crippen molar-refractivity contribution in [2.24, 2.45) is 5.41 Å². The molecule has 5 heteroatoms. The molecule has 0 atom stereocenters. The predicted octanol–water partition coefficient (Wildman–Crippen LogP) is 4.25. The van der Waals surface area contributed by atoms with Crippen molar-refractivity contribution in [2.45, 2.75) is 34.1 Å². The molecule has 0 radical (unpaired) electrons. The molecule has 138 valence electrons. The maximum absolute atomic E-state index is 12.1. The molecule has 0 saturated heterocycles. The summed E-state index contributed by atoms with van der Waals surface area (Å²) in [5, 5.41) is 5.61. The third-order valence-electron chi connectivity index (χ3n) is 3.79.